The normalized spacial score (nSPS) is 15.2. The molecule has 7 heteroatoms. The summed E-state index contributed by atoms with van der Waals surface area (Å²) in [4.78, 5) is 28.5. The zero-order valence-electron chi connectivity index (χ0n) is 17.7. The van der Waals surface area contributed by atoms with Gasteiger partial charge in [0.05, 0.1) is 24.1 Å². The number of nitrogens with zero attached hydrogens (tertiary/aromatic N) is 1. The Kier molecular flexibility index (Phi) is 5.38. The number of amides is 1. The molecule has 1 aliphatic rings. The quantitative estimate of drug-likeness (QED) is 0.398. The summed E-state index contributed by atoms with van der Waals surface area (Å²) in [6, 6.07) is 17.6. The van der Waals surface area contributed by atoms with Crippen LogP contribution in [0.4, 0.5) is 4.39 Å². The van der Waals surface area contributed by atoms with Gasteiger partial charge in [-0.1, -0.05) is 35.9 Å². The summed E-state index contributed by atoms with van der Waals surface area (Å²) in [5.74, 6) is -0.200. The average molecular weight is 464 g/mol. The van der Waals surface area contributed by atoms with E-state index >= 15 is 0 Å². The lowest BCUT2D eigenvalue weighted by molar-refractivity contribution is 0.0730. The van der Waals surface area contributed by atoms with Gasteiger partial charge in [-0.15, -0.1) is 0 Å². The molecule has 1 aliphatic heterocycles. The maximum Gasteiger partial charge on any atom is 0.290 e. The van der Waals surface area contributed by atoms with Crippen LogP contribution in [-0.4, -0.2) is 24.5 Å². The molecular formula is C26H19ClFNO4. The van der Waals surface area contributed by atoms with E-state index < -0.39 is 17.3 Å². The van der Waals surface area contributed by atoms with Crippen molar-refractivity contribution in [3.8, 4) is 5.75 Å². The molecule has 5 nitrogen and oxygen atoms in total. The highest BCUT2D eigenvalue weighted by molar-refractivity contribution is 6.30. The second kappa shape index (κ2) is 8.37. The molecule has 33 heavy (non-hydrogen) atoms. The smallest absolute Gasteiger partial charge is 0.290 e. The fraction of sp³-hybridized carbons (Fsp3) is 0.154. The van der Waals surface area contributed by atoms with E-state index in [0.717, 1.165) is 17.4 Å². The average Bonchev–Trinajstić information content (AvgIpc) is 3.10. The number of fused-ring (bicyclic) bond motifs is 2. The summed E-state index contributed by atoms with van der Waals surface area (Å²) < 4.78 is 24.9. The molecule has 4 aromatic rings. The van der Waals surface area contributed by atoms with Crippen LogP contribution in [0, 0.1) is 5.82 Å². The Balaban J connectivity index is 1.61. The summed E-state index contributed by atoms with van der Waals surface area (Å²) in [7, 11) is 1.60. The van der Waals surface area contributed by atoms with Crippen molar-refractivity contribution in [2.75, 3.05) is 13.7 Å². The molecule has 0 bridgehead atoms. The zero-order chi connectivity index (χ0) is 23.1. The van der Waals surface area contributed by atoms with E-state index in [9.17, 15) is 14.0 Å². The number of ether oxygens (including phenoxy) is 1. The van der Waals surface area contributed by atoms with Gasteiger partial charge in [-0.2, -0.15) is 0 Å². The summed E-state index contributed by atoms with van der Waals surface area (Å²) in [6.07, 6.45) is 0.559. The van der Waals surface area contributed by atoms with Crippen LogP contribution in [0.1, 0.15) is 33.3 Å². The summed E-state index contributed by atoms with van der Waals surface area (Å²) in [5, 5.41) is 0.588. The molecule has 0 saturated carbocycles. The number of carbonyl (C=O) groups is 1. The van der Waals surface area contributed by atoms with Crippen LogP contribution in [0.25, 0.3) is 11.0 Å². The molecule has 0 saturated heterocycles. The maximum absolute atomic E-state index is 13.9. The van der Waals surface area contributed by atoms with E-state index in [0.29, 0.717) is 23.6 Å². The number of hydrogen-bond donors (Lipinski definition) is 0. The summed E-state index contributed by atoms with van der Waals surface area (Å²) in [5.41, 5.74) is 1.66. The third-order valence-electron chi connectivity index (χ3n) is 5.89. The van der Waals surface area contributed by atoms with E-state index in [1.807, 2.05) is 30.3 Å². The van der Waals surface area contributed by atoms with Crippen molar-refractivity contribution in [3.63, 3.8) is 0 Å². The lowest BCUT2D eigenvalue weighted by Crippen LogP contribution is -2.31. The van der Waals surface area contributed by atoms with Crippen molar-refractivity contribution in [3.05, 3.63) is 110 Å². The number of rotatable bonds is 5. The van der Waals surface area contributed by atoms with E-state index in [1.165, 1.54) is 12.1 Å². The topological polar surface area (TPSA) is 59.8 Å². The van der Waals surface area contributed by atoms with Gasteiger partial charge in [0, 0.05) is 11.6 Å². The van der Waals surface area contributed by atoms with Crippen molar-refractivity contribution in [1.29, 1.82) is 0 Å². The van der Waals surface area contributed by atoms with Crippen LogP contribution in [-0.2, 0) is 6.42 Å². The van der Waals surface area contributed by atoms with E-state index in [1.54, 1.807) is 30.2 Å². The molecule has 1 atom stereocenters. The molecule has 0 spiro atoms. The molecule has 1 unspecified atom stereocenters. The Morgan fingerprint density at radius 2 is 1.85 bits per heavy atom. The number of carbonyl (C=O) groups excluding carboxylic acids is 1. The molecule has 3 aromatic carbocycles. The van der Waals surface area contributed by atoms with Crippen molar-refractivity contribution in [1.82, 2.24) is 4.90 Å². The SMILES string of the molecule is COc1ccc(CCN2C(=O)c3oc4ccc(F)cc4c(=O)c3C2c2cccc(Cl)c2)cc1. The largest absolute Gasteiger partial charge is 0.497 e. The molecule has 0 aliphatic carbocycles. The van der Waals surface area contributed by atoms with Gasteiger partial charge < -0.3 is 14.1 Å². The highest BCUT2D eigenvalue weighted by atomic mass is 35.5. The highest BCUT2D eigenvalue weighted by Gasteiger charge is 2.42. The third-order valence-corrected chi connectivity index (χ3v) is 6.13. The molecule has 0 fully saturated rings. The van der Waals surface area contributed by atoms with Gasteiger partial charge >= 0.3 is 0 Å². The number of halogens is 2. The highest BCUT2D eigenvalue weighted by Crippen LogP contribution is 2.39. The number of methoxy groups -OCH3 is 1. The second-order valence-corrected chi connectivity index (χ2v) is 8.31. The Hall–Kier alpha value is -3.64. The first-order valence-electron chi connectivity index (χ1n) is 10.4. The van der Waals surface area contributed by atoms with E-state index in [4.69, 9.17) is 20.8 Å². The van der Waals surface area contributed by atoms with Crippen molar-refractivity contribution in [2.45, 2.75) is 12.5 Å². The Morgan fingerprint density at radius 3 is 2.58 bits per heavy atom. The van der Waals surface area contributed by atoms with Crippen molar-refractivity contribution >= 4 is 28.5 Å². The minimum Gasteiger partial charge on any atom is -0.497 e. The Labute approximate surface area is 194 Å². The predicted octanol–water partition coefficient (Wildman–Crippen LogP) is 5.38. The van der Waals surface area contributed by atoms with Gasteiger partial charge in [-0.25, -0.2) is 4.39 Å². The molecule has 5 rings (SSSR count). The maximum atomic E-state index is 13.9. The van der Waals surface area contributed by atoms with Crippen LogP contribution < -0.4 is 10.2 Å². The first kappa shape index (κ1) is 21.2. The molecule has 0 N–H and O–H groups in total. The minimum atomic E-state index is -0.687. The molecule has 2 heterocycles. The molecular weight excluding hydrogens is 445 g/mol. The Morgan fingerprint density at radius 1 is 1.06 bits per heavy atom. The first-order chi connectivity index (χ1) is 16.0. The molecule has 1 amide bonds. The number of hydrogen-bond acceptors (Lipinski definition) is 4. The monoisotopic (exact) mass is 463 g/mol. The van der Waals surface area contributed by atoms with Crippen molar-refractivity contribution < 1.29 is 18.3 Å². The van der Waals surface area contributed by atoms with Crippen molar-refractivity contribution in [2.24, 2.45) is 0 Å². The molecule has 0 radical (unpaired) electrons. The van der Waals surface area contributed by atoms with Gasteiger partial charge in [0.1, 0.15) is 17.1 Å². The van der Waals surface area contributed by atoms with Crippen LogP contribution >= 0.6 is 11.6 Å². The van der Waals surface area contributed by atoms with E-state index in [2.05, 4.69) is 0 Å². The lowest BCUT2D eigenvalue weighted by Gasteiger charge is -2.25. The zero-order valence-corrected chi connectivity index (χ0v) is 18.4. The number of benzene rings is 3. The lowest BCUT2D eigenvalue weighted by atomic mass is 9.98. The van der Waals surface area contributed by atoms with Gasteiger partial charge in [-0.05, 0) is 60.0 Å². The Bertz CT molecular complexity index is 1430. The fourth-order valence-corrected chi connectivity index (χ4v) is 4.49. The summed E-state index contributed by atoms with van der Waals surface area (Å²) >= 11 is 6.23. The van der Waals surface area contributed by atoms with Gasteiger partial charge in [0.25, 0.3) is 5.91 Å². The standard InChI is InChI=1S/C26H19ClFNO4/c1-32-19-8-5-15(6-9-19)11-12-29-23(16-3-2-4-17(27)13-16)22-24(30)20-14-18(28)7-10-21(20)33-25(22)26(29)31/h2-10,13-14,23H,11-12H2,1H3. The van der Waals surface area contributed by atoms with Gasteiger partial charge in [-0.3, -0.25) is 9.59 Å². The molecule has 166 valence electrons. The third kappa shape index (κ3) is 3.76. The van der Waals surface area contributed by atoms with Crippen LogP contribution in [0.15, 0.2) is 75.9 Å². The summed E-state index contributed by atoms with van der Waals surface area (Å²) in [6.45, 7) is 0.344. The second-order valence-electron chi connectivity index (χ2n) is 7.87. The fourth-order valence-electron chi connectivity index (χ4n) is 4.29. The van der Waals surface area contributed by atoms with Crippen LogP contribution in [0.3, 0.4) is 0 Å². The molecule has 1 aromatic heterocycles. The van der Waals surface area contributed by atoms with Gasteiger partial charge in [0.2, 0.25) is 5.76 Å². The minimum absolute atomic E-state index is 0.0150. The first-order valence-corrected chi connectivity index (χ1v) is 10.8. The van der Waals surface area contributed by atoms with Crippen LogP contribution in [0.2, 0.25) is 5.02 Å². The van der Waals surface area contributed by atoms with E-state index in [-0.39, 0.29) is 28.2 Å². The van der Waals surface area contributed by atoms with Gasteiger partial charge in [0.15, 0.2) is 5.43 Å². The van der Waals surface area contributed by atoms with Crippen LogP contribution in [0.5, 0.6) is 5.75 Å². The predicted molar refractivity (Wildman–Crippen MR) is 123 cm³/mol.